The minimum absolute atomic E-state index is 0.0428. The Hall–Kier alpha value is -3.77. The first-order valence-corrected chi connectivity index (χ1v) is 14.4. The van der Waals surface area contributed by atoms with Gasteiger partial charge in [-0.2, -0.15) is 0 Å². The van der Waals surface area contributed by atoms with E-state index >= 15 is 0 Å². The van der Waals surface area contributed by atoms with Crippen LogP contribution in [0.15, 0.2) is 30.3 Å². The van der Waals surface area contributed by atoms with E-state index in [0.29, 0.717) is 17.5 Å². The predicted octanol–water partition coefficient (Wildman–Crippen LogP) is 4.57. The molecule has 0 bridgehead atoms. The molecular formula is C30H42N2O9S. The maximum atomic E-state index is 13.6. The summed E-state index contributed by atoms with van der Waals surface area (Å²) in [6, 6.07) is 8.77. The third-order valence-corrected chi connectivity index (χ3v) is 6.70. The Labute approximate surface area is 251 Å². The normalized spacial score (nSPS) is 11.4. The molecule has 0 aliphatic rings. The van der Waals surface area contributed by atoms with Crippen LogP contribution in [0.1, 0.15) is 78.8 Å². The Morgan fingerprint density at radius 2 is 1.67 bits per heavy atom. The number of carbonyl (C=O) groups excluding carboxylic acids is 5. The van der Waals surface area contributed by atoms with Crippen molar-refractivity contribution in [1.29, 1.82) is 0 Å². The maximum absolute atomic E-state index is 13.6. The summed E-state index contributed by atoms with van der Waals surface area (Å²) in [4.78, 5) is 66.0. The molecule has 0 N–H and O–H groups in total. The first-order valence-electron chi connectivity index (χ1n) is 13.6. The van der Waals surface area contributed by atoms with Crippen molar-refractivity contribution in [2.24, 2.45) is 0 Å². The van der Waals surface area contributed by atoms with Crippen LogP contribution >= 0.6 is 11.3 Å². The molecule has 0 aliphatic heterocycles. The largest absolute Gasteiger partial charge is 0.462 e. The fraction of sp³-hybridized carbons (Fsp3) is 0.500. The highest BCUT2D eigenvalue weighted by Gasteiger charge is 2.32. The molecule has 0 spiro atoms. The van der Waals surface area contributed by atoms with E-state index in [1.807, 2.05) is 13.8 Å². The number of methoxy groups -OCH3 is 1. The number of likely N-dealkylation sites (N-methyl/N-ethyl adjacent to an activating group) is 1. The van der Waals surface area contributed by atoms with Crippen LogP contribution in [0.5, 0.6) is 0 Å². The first-order chi connectivity index (χ1) is 19.8. The van der Waals surface area contributed by atoms with E-state index < -0.39 is 35.5 Å². The second-order valence-corrected chi connectivity index (χ2v) is 10.8. The average Bonchev–Trinajstić information content (AvgIpc) is 3.28. The number of rotatable bonds is 13. The van der Waals surface area contributed by atoms with Gasteiger partial charge >= 0.3 is 17.9 Å². The highest BCUT2D eigenvalue weighted by molar-refractivity contribution is 7.18. The van der Waals surface area contributed by atoms with Gasteiger partial charge in [0.15, 0.2) is 0 Å². The van der Waals surface area contributed by atoms with E-state index in [0.717, 1.165) is 16.2 Å². The zero-order chi connectivity index (χ0) is 32.0. The molecule has 1 heterocycles. The van der Waals surface area contributed by atoms with Crippen LogP contribution in [-0.4, -0.2) is 81.2 Å². The van der Waals surface area contributed by atoms with Crippen molar-refractivity contribution in [3.63, 3.8) is 0 Å². The lowest BCUT2D eigenvalue weighted by Gasteiger charge is -2.26. The molecule has 2 rings (SSSR count). The van der Waals surface area contributed by atoms with Crippen molar-refractivity contribution in [2.75, 3.05) is 45.4 Å². The molecule has 2 amide bonds. The van der Waals surface area contributed by atoms with Crippen LogP contribution in [0.25, 0.3) is 0 Å². The summed E-state index contributed by atoms with van der Waals surface area (Å²) < 4.78 is 21.0. The number of anilines is 1. The van der Waals surface area contributed by atoms with E-state index in [9.17, 15) is 24.0 Å². The second-order valence-electron chi connectivity index (χ2n) is 9.78. The van der Waals surface area contributed by atoms with Gasteiger partial charge in [0.25, 0.3) is 5.91 Å². The number of hydrogen-bond donors (Lipinski definition) is 0. The molecule has 232 valence electrons. The summed E-state index contributed by atoms with van der Waals surface area (Å²) in [5.74, 6) is -2.53. The number of nitrogens with zero attached hydrogens (tertiary/aromatic N) is 2. The third kappa shape index (κ3) is 10.6. The molecule has 11 nitrogen and oxygen atoms in total. The summed E-state index contributed by atoms with van der Waals surface area (Å²) in [6.07, 6.45) is -0.421. The van der Waals surface area contributed by atoms with Gasteiger partial charge in [0.1, 0.15) is 34.7 Å². The number of benzene rings is 1. The van der Waals surface area contributed by atoms with Gasteiger partial charge in [-0.1, -0.05) is 44.2 Å². The van der Waals surface area contributed by atoms with Crippen LogP contribution < -0.4 is 4.90 Å². The SMILES string of the molecule is CC.CCOC(=O)c1sc(N(C=O)CC(OC(=O)COC)c2ccccc2)c(C(=O)N(C)CC(=O)OC(C)(C)C)c1C. The van der Waals surface area contributed by atoms with E-state index in [-0.39, 0.29) is 41.7 Å². The molecule has 1 atom stereocenters. The molecule has 0 saturated heterocycles. The summed E-state index contributed by atoms with van der Waals surface area (Å²) in [5, 5.41) is 0.139. The minimum Gasteiger partial charge on any atom is -0.462 e. The number of ether oxygens (including phenoxy) is 4. The van der Waals surface area contributed by atoms with Gasteiger partial charge in [-0.25, -0.2) is 9.59 Å². The summed E-state index contributed by atoms with van der Waals surface area (Å²) in [6.45, 7) is 11.6. The summed E-state index contributed by atoms with van der Waals surface area (Å²) >= 11 is 0.899. The van der Waals surface area contributed by atoms with Crippen molar-refractivity contribution < 1.29 is 42.9 Å². The van der Waals surface area contributed by atoms with Gasteiger partial charge in [-0.15, -0.1) is 11.3 Å². The first kappa shape index (κ1) is 36.3. The van der Waals surface area contributed by atoms with Gasteiger partial charge < -0.3 is 28.7 Å². The molecule has 42 heavy (non-hydrogen) atoms. The molecule has 12 heteroatoms. The van der Waals surface area contributed by atoms with Gasteiger partial charge in [0.2, 0.25) is 6.41 Å². The highest BCUT2D eigenvalue weighted by Crippen LogP contribution is 2.38. The van der Waals surface area contributed by atoms with Crippen LogP contribution in [0.2, 0.25) is 0 Å². The molecule has 0 radical (unpaired) electrons. The third-order valence-electron chi connectivity index (χ3n) is 5.39. The quantitative estimate of drug-likeness (QED) is 0.183. The fourth-order valence-electron chi connectivity index (χ4n) is 3.72. The summed E-state index contributed by atoms with van der Waals surface area (Å²) in [7, 11) is 2.77. The monoisotopic (exact) mass is 606 g/mol. The Morgan fingerprint density at radius 3 is 2.19 bits per heavy atom. The standard InChI is InChI=1S/C28H36N2O9S.C2H6/c1-8-37-27(35)24-18(2)23(25(34)29(6)15-21(32)39-28(3,4)5)26(40-24)30(17-31)14-20(38-22(33)16-36-7)19-12-10-9-11-13-19;1-2/h9-13,17,20H,8,14-16H2,1-7H3;1-2H3. The molecule has 0 aliphatic carbocycles. The lowest BCUT2D eigenvalue weighted by atomic mass is 10.1. The smallest absolute Gasteiger partial charge is 0.348 e. The van der Waals surface area contributed by atoms with Gasteiger partial charge in [-0.05, 0) is 45.7 Å². The molecule has 1 aromatic heterocycles. The van der Waals surface area contributed by atoms with Crippen molar-refractivity contribution in [1.82, 2.24) is 4.90 Å². The Bertz CT molecular complexity index is 1210. The zero-order valence-electron chi connectivity index (χ0n) is 25.8. The fourth-order valence-corrected chi connectivity index (χ4v) is 4.88. The second kappa shape index (κ2) is 17.2. The van der Waals surface area contributed by atoms with Gasteiger partial charge in [-0.3, -0.25) is 14.4 Å². The Balaban J connectivity index is 0.00000431. The average molecular weight is 607 g/mol. The number of esters is 3. The van der Waals surface area contributed by atoms with Crippen LogP contribution in [0.3, 0.4) is 0 Å². The molecule has 2 aromatic rings. The Kier molecular flexibility index (Phi) is 14.9. The number of amides is 2. The molecule has 1 aromatic carbocycles. The van der Waals surface area contributed by atoms with Gasteiger partial charge in [0.05, 0.1) is 18.7 Å². The lowest BCUT2D eigenvalue weighted by molar-refractivity contribution is -0.155. The van der Waals surface area contributed by atoms with Crippen molar-refractivity contribution >= 4 is 46.6 Å². The van der Waals surface area contributed by atoms with Crippen LogP contribution in [-0.2, 0) is 33.3 Å². The molecule has 0 saturated carbocycles. The molecule has 0 fully saturated rings. The van der Waals surface area contributed by atoms with Crippen molar-refractivity contribution in [2.45, 2.75) is 60.2 Å². The number of thiophene rings is 1. The van der Waals surface area contributed by atoms with Crippen molar-refractivity contribution in [3.8, 4) is 0 Å². The van der Waals surface area contributed by atoms with Crippen molar-refractivity contribution in [3.05, 3.63) is 51.9 Å². The highest BCUT2D eigenvalue weighted by atomic mass is 32.1. The maximum Gasteiger partial charge on any atom is 0.348 e. The zero-order valence-corrected chi connectivity index (χ0v) is 26.7. The number of carbonyl (C=O) groups is 5. The Morgan fingerprint density at radius 1 is 1.05 bits per heavy atom. The van der Waals surface area contributed by atoms with E-state index in [4.69, 9.17) is 18.9 Å². The summed E-state index contributed by atoms with van der Waals surface area (Å²) in [5.41, 5.74) is 0.190. The van der Waals surface area contributed by atoms with E-state index in [2.05, 4.69) is 0 Å². The van der Waals surface area contributed by atoms with Gasteiger partial charge in [0, 0.05) is 14.2 Å². The predicted molar refractivity (Wildman–Crippen MR) is 160 cm³/mol. The minimum atomic E-state index is -0.912. The van der Waals surface area contributed by atoms with Crippen LogP contribution in [0, 0.1) is 6.92 Å². The van der Waals surface area contributed by atoms with E-state index in [1.54, 1.807) is 65.0 Å². The lowest BCUT2D eigenvalue weighted by Crippen LogP contribution is -2.37. The molecular weight excluding hydrogens is 564 g/mol. The molecule has 1 unspecified atom stereocenters. The van der Waals surface area contributed by atoms with E-state index in [1.165, 1.54) is 19.1 Å². The number of hydrogen-bond acceptors (Lipinski definition) is 10. The van der Waals surface area contributed by atoms with Crippen LogP contribution in [0.4, 0.5) is 5.00 Å². The topological polar surface area (TPSA) is 129 Å².